The Balaban J connectivity index is -0.000000323. The maximum absolute atomic E-state index is 12.5. The van der Waals surface area contributed by atoms with Gasteiger partial charge in [0.1, 0.15) is 0 Å². The number of benzene rings is 1. The number of allylic oxidation sites excluding steroid dienone is 2. The molecule has 0 amide bonds. The summed E-state index contributed by atoms with van der Waals surface area (Å²) in [7, 11) is 1.53. The van der Waals surface area contributed by atoms with Crippen LogP contribution in [0.4, 0.5) is 17.6 Å². The number of rotatable bonds is 4. The van der Waals surface area contributed by atoms with Crippen LogP contribution in [0.2, 0.25) is 0 Å². The fraction of sp³-hybridized carbons (Fsp3) is 0.421. The Morgan fingerprint density at radius 3 is 1.84 bits per heavy atom. The predicted octanol–water partition coefficient (Wildman–Crippen LogP) is 5.88. The van der Waals surface area contributed by atoms with Crippen molar-refractivity contribution in [1.29, 1.82) is 0 Å². The molecule has 25 heavy (non-hydrogen) atoms. The van der Waals surface area contributed by atoms with Gasteiger partial charge in [0, 0.05) is 20.2 Å². The monoisotopic (exact) mass is 363 g/mol. The highest BCUT2D eigenvalue weighted by molar-refractivity contribution is 5.90. The second kappa shape index (κ2) is 18.2. The molecule has 0 aromatic heterocycles. The third kappa shape index (κ3) is 15.2. The Labute approximate surface area is 148 Å². The van der Waals surface area contributed by atoms with Crippen molar-refractivity contribution in [1.82, 2.24) is 5.32 Å². The molecule has 1 aromatic carbocycles. The average Bonchev–Trinajstić information content (AvgIpc) is 2.56. The molecule has 144 valence electrons. The van der Waals surface area contributed by atoms with Crippen LogP contribution in [0.3, 0.4) is 0 Å². The number of aryl methyl sites for hydroxylation is 1. The molecule has 0 heterocycles. The molecule has 0 saturated carbocycles. The first kappa shape index (κ1) is 27.7. The zero-order valence-corrected chi connectivity index (χ0v) is 15.9. The van der Waals surface area contributed by atoms with Gasteiger partial charge in [-0.05, 0) is 31.0 Å². The SMILES string of the molecule is C=CC.CC.CCCc1cc(F)c(F)c(F)c1.CN/C=C(/F)C(C)=O. The van der Waals surface area contributed by atoms with Gasteiger partial charge in [-0.2, -0.15) is 0 Å². The van der Waals surface area contributed by atoms with E-state index in [4.69, 9.17) is 0 Å². The van der Waals surface area contributed by atoms with E-state index >= 15 is 0 Å². The Bertz CT molecular complexity index is 505. The van der Waals surface area contributed by atoms with Crippen LogP contribution < -0.4 is 5.32 Å². The molecule has 0 unspecified atom stereocenters. The first-order valence-electron chi connectivity index (χ1n) is 7.99. The van der Waals surface area contributed by atoms with Crippen molar-refractivity contribution in [2.75, 3.05) is 7.05 Å². The van der Waals surface area contributed by atoms with Crippen LogP contribution >= 0.6 is 0 Å². The lowest BCUT2D eigenvalue weighted by Gasteiger charge is -2.00. The van der Waals surface area contributed by atoms with E-state index in [0.717, 1.165) is 24.8 Å². The van der Waals surface area contributed by atoms with Crippen molar-refractivity contribution in [3.05, 3.63) is 59.8 Å². The minimum Gasteiger partial charge on any atom is -0.392 e. The Hall–Kier alpha value is -2.11. The number of hydrogen-bond donors (Lipinski definition) is 1. The fourth-order valence-corrected chi connectivity index (χ4v) is 1.27. The fourth-order valence-electron chi connectivity index (χ4n) is 1.27. The highest BCUT2D eigenvalue weighted by atomic mass is 19.2. The maximum Gasteiger partial charge on any atom is 0.194 e. The zero-order valence-electron chi connectivity index (χ0n) is 15.9. The summed E-state index contributed by atoms with van der Waals surface area (Å²) in [6.07, 6.45) is 4.11. The van der Waals surface area contributed by atoms with Gasteiger partial charge in [-0.25, -0.2) is 17.6 Å². The average molecular weight is 363 g/mol. The van der Waals surface area contributed by atoms with E-state index in [2.05, 4.69) is 11.9 Å². The van der Waals surface area contributed by atoms with Gasteiger partial charge in [0.05, 0.1) is 0 Å². The molecule has 2 nitrogen and oxygen atoms in total. The minimum absolute atomic E-state index is 0.494. The minimum atomic E-state index is -1.39. The highest BCUT2D eigenvalue weighted by Gasteiger charge is 2.09. The van der Waals surface area contributed by atoms with E-state index in [1.165, 1.54) is 14.0 Å². The van der Waals surface area contributed by atoms with Crippen LogP contribution in [0.1, 0.15) is 46.6 Å². The van der Waals surface area contributed by atoms with E-state index in [1.54, 1.807) is 6.08 Å². The quantitative estimate of drug-likeness (QED) is 0.313. The van der Waals surface area contributed by atoms with Crippen LogP contribution in [-0.2, 0) is 11.2 Å². The molecule has 0 fully saturated rings. The summed E-state index contributed by atoms with van der Waals surface area (Å²) >= 11 is 0. The number of carbonyl (C=O) groups is 1. The summed E-state index contributed by atoms with van der Waals surface area (Å²) in [5, 5.41) is 2.39. The Kier molecular flexibility index (Phi) is 20.2. The van der Waals surface area contributed by atoms with Crippen LogP contribution in [0.5, 0.6) is 0 Å². The van der Waals surface area contributed by atoms with Crippen LogP contribution in [-0.4, -0.2) is 12.8 Å². The lowest BCUT2D eigenvalue weighted by Crippen LogP contribution is -1.98. The van der Waals surface area contributed by atoms with Crippen molar-refractivity contribution < 1.29 is 22.4 Å². The molecular formula is C19H29F4NO. The van der Waals surface area contributed by atoms with Gasteiger partial charge in [-0.3, -0.25) is 4.79 Å². The number of halogens is 4. The van der Waals surface area contributed by atoms with E-state index in [9.17, 15) is 22.4 Å². The van der Waals surface area contributed by atoms with Crippen LogP contribution in [0.25, 0.3) is 0 Å². The molecule has 1 N–H and O–H groups in total. The van der Waals surface area contributed by atoms with Gasteiger partial charge in [-0.1, -0.05) is 33.3 Å². The summed E-state index contributed by atoms with van der Waals surface area (Å²) in [6.45, 7) is 12.3. The third-order valence-corrected chi connectivity index (χ3v) is 2.19. The van der Waals surface area contributed by atoms with Gasteiger partial charge in [0.2, 0.25) is 0 Å². The van der Waals surface area contributed by atoms with Crippen molar-refractivity contribution in [2.24, 2.45) is 0 Å². The van der Waals surface area contributed by atoms with Crippen LogP contribution in [0.15, 0.2) is 36.8 Å². The molecule has 0 aliphatic rings. The maximum atomic E-state index is 12.5. The number of Topliss-reactive ketones (excluding diaryl/α,β-unsaturated/α-hetero) is 1. The summed E-state index contributed by atoms with van der Waals surface area (Å²) in [5.74, 6) is -4.92. The number of carbonyl (C=O) groups excluding carboxylic acids is 1. The van der Waals surface area contributed by atoms with Gasteiger partial charge < -0.3 is 5.32 Å². The van der Waals surface area contributed by atoms with Gasteiger partial charge in [-0.15, -0.1) is 6.58 Å². The van der Waals surface area contributed by atoms with Crippen molar-refractivity contribution >= 4 is 5.78 Å². The molecule has 0 aliphatic carbocycles. The number of ketones is 1. The zero-order chi connectivity index (χ0) is 20.4. The molecule has 0 saturated heterocycles. The van der Waals surface area contributed by atoms with E-state index < -0.39 is 29.1 Å². The van der Waals surface area contributed by atoms with Crippen molar-refractivity contribution in [3.63, 3.8) is 0 Å². The van der Waals surface area contributed by atoms with E-state index in [0.29, 0.717) is 12.0 Å². The Morgan fingerprint density at radius 1 is 1.20 bits per heavy atom. The van der Waals surface area contributed by atoms with E-state index in [-0.39, 0.29) is 0 Å². The molecule has 0 spiro atoms. The summed E-state index contributed by atoms with van der Waals surface area (Å²) in [6, 6.07) is 2.06. The second-order valence-corrected chi connectivity index (χ2v) is 4.37. The molecule has 0 radical (unpaired) electrons. The predicted molar refractivity (Wildman–Crippen MR) is 96.5 cm³/mol. The summed E-state index contributed by atoms with van der Waals surface area (Å²) < 4.78 is 49.5. The molecule has 6 heteroatoms. The largest absolute Gasteiger partial charge is 0.392 e. The van der Waals surface area contributed by atoms with Crippen molar-refractivity contribution in [2.45, 2.75) is 47.5 Å². The summed E-state index contributed by atoms with van der Waals surface area (Å²) in [4.78, 5) is 10.1. The molecule has 1 rings (SSSR count). The van der Waals surface area contributed by atoms with Gasteiger partial charge in [0.15, 0.2) is 29.1 Å². The third-order valence-electron chi connectivity index (χ3n) is 2.19. The number of hydrogen-bond acceptors (Lipinski definition) is 2. The molecule has 0 atom stereocenters. The van der Waals surface area contributed by atoms with Gasteiger partial charge >= 0.3 is 0 Å². The van der Waals surface area contributed by atoms with Crippen LogP contribution in [0, 0.1) is 17.5 Å². The molecular weight excluding hydrogens is 334 g/mol. The van der Waals surface area contributed by atoms with E-state index in [1.807, 2.05) is 27.7 Å². The smallest absolute Gasteiger partial charge is 0.194 e. The summed E-state index contributed by atoms with van der Waals surface area (Å²) in [5.41, 5.74) is 0.494. The standard InChI is InChI=1S/C9H9F3.C5H8FNO.C3H6.C2H6/c1-2-3-6-4-7(10)9(12)8(11)5-6;1-4(8)5(6)3-7-2;1-3-2;1-2/h4-5H,2-3H2,1H3;3,7H,1-2H3;3H,1H2,2H3;1-2H3/b;5-3+;;. The van der Waals surface area contributed by atoms with Crippen molar-refractivity contribution in [3.8, 4) is 0 Å². The Morgan fingerprint density at radius 2 is 1.60 bits per heavy atom. The molecule has 0 aliphatic heterocycles. The first-order valence-corrected chi connectivity index (χ1v) is 7.99. The lowest BCUT2D eigenvalue weighted by atomic mass is 10.1. The highest BCUT2D eigenvalue weighted by Crippen LogP contribution is 2.14. The normalized spacial score (nSPS) is 9.28. The number of nitrogens with one attached hydrogen (secondary N) is 1. The second-order valence-electron chi connectivity index (χ2n) is 4.37. The van der Waals surface area contributed by atoms with Gasteiger partial charge in [0.25, 0.3) is 0 Å². The molecule has 1 aromatic rings. The first-order chi connectivity index (χ1) is 11.7. The lowest BCUT2D eigenvalue weighted by molar-refractivity contribution is -0.114. The molecule has 0 bridgehead atoms. The topological polar surface area (TPSA) is 29.1 Å².